The maximum Gasteiger partial charge on any atom is 0.0638 e. The molecule has 0 bridgehead atoms. The van der Waals surface area contributed by atoms with Crippen molar-refractivity contribution in [2.24, 2.45) is 5.73 Å². The summed E-state index contributed by atoms with van der Waals surface area (Å²) < 4.78 is 0. The zero-order valence-corrected chi connectivity index (χ0v) is 7.10. The summed E-state index contributed by atoms with van der Waals surface area (Å²) in [6.07, 6.45) is 0. The van der Waals surface area contributed by atoms with Gasteiger partial charge < -0.3 is 11.5 Å². The highest BCUT2D eigenvalue weighted by Gasteiger charge is 2.05. The van der Waals surface area contributed by atoms with Crippen LogP contribution >= 0.6 is 11.6 Å². The Kier molecular flexibility index (Phi) is 2.37. The Morgan fingerprint density at radius 1 is 1.45 bits per heavy atom. The molecule has 0 aromatic heterocycles. The minimum absolute atomic E-state index is 0.0614. The van der Waals surface area contributed by atoms with E-state index >= 15 is 0 Å². The summed E-state index contributed by atoms with van der Waals surface area (Å²) in [6.45, 7) is 1.88. The summed E-state index contributed by atoms with van der Waals surface area (Å²) >= 11 is 5.78. The Hall–Kier alpha value is -0.730. The van der Waals surface area contributed by atoms with Crippen LogP contribution < -0.4 is 11.5 Å². The van der Waals surface area contributed by atoms with Gasteiger partial charge in [0.15, 0.2) is 0 Å². The Balaban J connectivity index is 3.17. The van der Waals surface area contributed by atoms with Gasteiger partial charge in [0.2, 0.25) is 0 Å². The molecule has 0 saturated carbocycles. The Bertz CT molecular complexity index is 258. The summed E-state index contributed by atoms with van der Waals surface area (Å²) in [4.78, 5) is 0. The van der Waals surface area contributed by atoms with Gasteiger partial charge in [-0.3, -0.25) is 0 Å². The lowest BCUT2D eigenvalue weighted by Crippen LogP contribution is -2.08. The monoisotopic (exact) mass is 170 g/mol. The van der Waals surface area contributed by atoms with Gasteiger partial charge in [-0.1, -0.05) is 23.7 Å². The SMILES string of the molecule is CC(N)c1cccc(Cl)c1N. The molecule has 0 aliphatic rings. The third-order valence-electron chi connectivity index (χ3n) is 1.58. The second-order valence-electron chi connectivity index (χ2n) is 2.53. The number of rotatable bonds is 1. The summed E-state index contributed by atoms with van der Waals surface area (Å²) in [5.41, 5.74) is 12.8. The van der Waals surface area contributed by atoms with E-state index in [2.05, 4.69) is 0 Å². The fourth-order valence-electron chi connectivity index (χ4n) is 0.951. The fourth-order valence-corrected chi connectivity index (χ4v) is 1.13. The van der Waals surface area contributed by atoms with Crippen molar-refractivity contribution in [1.82, 2.24) is 0 Å². The van der Waals surface area contributed by atoms with Crippen molar-refractivity contribution in [2.75, 3.05) is 5.73 Å². The van der Waals surface area contributed by atoms with Crippen molar-refractivity contribution in [1.29, 1.82) is 0 Å². The lowest BCUT2D eigenvalue weighted by atomic mass is 10.1. The molecule has 0 spiro atoms. The number of hydrogen-bond donors (Lipinski definition) is 2. The molecule has 0 saturated heterocycles. The van der Waals surface area contributed by atoms with E-state index in [0.29, 0.717) is 10.7 Å². The van der Waals surface area contributed by atoms with Crippen LogP contribution in [0, 0.1) is 0 Å². The van der Waals surface area contributed by atoms with E-state index in [1.165, 1.54) is 0 Å². The molecule has 4 N–H and O–H groups in total. The molecule has 3 heteroatoms. The van der Waals surface area contributed by atoms with E-state index in [0.717, 1.165) is 5.56 Å². The summed E-state index contributed by atoms with van der Waals surface area (Å²) in [5, 5.41) is 0.569. The second-order valence-corrected chi connectivity index (χ2v) is 2.94. The third kappa shape index (κ3) is 1.64. The molecular weight excluding hydrogens is 160 g/mol. The molecule has 1 atom stereocenters. The minimum atomic E-state index is -0.0614. The fraction of sp³-hybridized carbons (Fsp3) is 0.250. The maximum atomic E-state index is 5.78. The summed E-state index contributed by atoms with van der Waals surface area (Å²) in [7, 11) is 0. The zero-order valence-electron chi connectivity index (χ0n) is 6.34. The van der Waals surface area contributed by atoms with Crippen molar-refractivity contribution in [2.45, 2.75) is 13.0 Å². The van der Waals surface area contributed by atoms with Crippen LogP contribution in [0.5, 0.6) is 0 Å². The van der Waals surface area contributed by atoms with Gasteiger partial charge in [0.25, 0.3) is 0 Å². The molecule has 0 aliphatic heterocycles. The van der Waals surface area contributed by atoms with Gasteiger partial charge in [-0.25, -0.2) is 0 Å². The Morgan fingerprint density at radius 3 is 2.55 bits per heavy atom. The first-order valence-corrected chi connectivity index (χ1v) is 3.80. The Morgan fingerprint density at radius 2 is 2.09 bits per heavy atom. The summed E-state index contributed by atoms with van der Waals surface area (Å²) in [5.74, 6) is 0. The lowest BCUT2D eigenvalue weighted by molar-refractivity contribution is 0.821. The Labute approximate surface area is 71.1 Å². The molecule has 0 heterocycles. The van der Waals surface area contributed by atoms with Crippen molar-refractivity contribution in [3.8, 4) is 0 Å². The van der Waals surface area contributed by atoms with Crippen molar-refractivity contribution in [3.05, 3.63) is 28.8 Å². The highest BCUT2D eigenvalue weighted by atomic mass is 35.5. The van der Waals surface area contributed by atoms with Crippen molar-refractivity contribution >= 4 is 17.3 Å². The smallest absolute Gasteiger partial charge is 0.0638 e. The molecule has 0 amide bonds. The second kappa shape index (κ2) is 3.11. The molecule has 0 aliphatic carbocycles. The number of anilines is 1. The number of benzene rings is 1. The molecule has 1 rings (SSSR count). The molecule has 1 unspecified atom stereocenters. The van der Waals surface area contributed by atoms with Gasteiger partial charge in [-0.2, -0.15) is 0 Å². The molecule has 1 aromatic carbocycles. The average Bonchev–Trinajstić information content (AvgIpc) is 1.94. The number of nitrogen functional groups attached to an aromatic ring is 1. The molecule has 11 heavy (non-hydrogen) atoms. The predicted molar refractivity (Wildman–Crippen MR) is 48.5 cm³/mol. The van der Waals surface area contributed by atoms with Crippen LogP contribution in [-0.4, -0.2) is 0 Å². The van der Waals surface area contributed by atoms with Gasteiger partial charge in [0, 0.05) is 6.04 Å². The van der Waals surface area contributed by atoms with Crippen molar-refractivity contribution in [3.63, 3.8) is 0 Å². The van der Waals surface area contributed by atoms with E-state index < -0.39 is 0 Å². The third-order valence-corrected chi connectivity index (χ3v) is 1.91. The van der Waals surface area contributed by atoms with E-state index in [9.17, 15) is 0 Å². The number of hydrogen-bond acceptors (Lipinski definition) is 2. The van der Waals surface area contributed by atoms with Gasteiger partial charge >= 0.3 is 0 Å². The van der Waals surface area contributed by atoms with Gasteiger partial charge in [0.05, 0.1) is 10.7 Å². The normalized spacial score (nSPS) is 13.0. The van der Waals surface area contributed by atoms with Gasteiger partial charge in [-0.05, 0) is 18.6 Å². The van der Waals surface area contributed by atoms with Crippen molar-refractivity contribution < 1.29 is 0 Å². The van der Waals surface area contributed by atoms with Crippen LogP contribution in [0.15, 0.2) is 18.2 Å². The first kappa shape index (κ1) is 8.37. The van der Waals surface area contributed by atoms with Gasteiger partial charge in [-0.15, -0.1) is 0 Å². The topological polar surface area (TPSA) is 52.0 Å². The number of halogens is 1. The number of nitrogens with two attached hydrogens (primary N) is 2. The first-order chi connectivity index (χ1) is 5.13. The molecule has 1 aromatic rings. The van der Waals surface area contributed by atoms with Crippen LogP contribution in [0.2, 0.25) is 5.02 Å². The van der Waals surface area contributed by atoms with E-state index in [1.807, 2.05) is 19.1 Å². The molecule has 60 valence electrons. The molecule has 0 fully saturated rings. The average molecular weight is 171 g/mol. The standard InChI is InChI=1S/C8H11ClN2/c1-5(10)6-3-2-4-7(9)8(6)11/h2-5H,10-11H2,1H3. The van der Waals surface area contributed by atoms with E-state index in [4.69, 9.17) is 23.1 Å². The first-order valence-electron chi connectivity index (χ1n) is 3.42. The quantitative estimate of drug-likeness (QED) is 0.633. The van der Waals surface area contributed by atoms with E-state index in [1.54, 1.807) is 6.07 Å². The van der Waals surface area contributed by atoms with Crippen LogP contribution in [0.3, 0.4) is 0 Å². The van der Waals surface area contributed by atoms with Crippen LogP contribution in [0.25, 0.3) is 0 Å². The largest absolute Gasteiger partial charge is 0.397 e. The van der Waals surface area contributed by atoms with Gasteiger partial charge in [0.1, 0.15) is 0 Å². The molecule has 2 nitrogen and oxygen atoms in total. The van der Waals surface area contributed by atoms with Crippen LogP contribution in [0.1, 0.15) is 18.5 Å². The van der Waals surface area contributed by atoms with Crippen LogP contribution in [-0.2, 0) is 0 Å². The predicted octanol–water partition coefficient (Wildman–Crippen LogP) is 1.94. The number of para-hydroxylation sites is 1. The highest BCUT2D eigenvalue weighted by molar-refractivity contribution is 6.33. The molecular formula is C8H11ClN2. The zero-order chi connectivity index (χ0) is 8.43. The summed E-state index contributed by atoms with van der Waals surface area (Å²) in [6, 6.07) is 5.42. The minimum Gasteiger partial charge on any atom is -0.397 e. The molecule has 0 radical (unpaired) electrons. The highest BCUT2D eigenvalue weighted by Crippen LogP contribution is 2.25. The maximum absolute atomic E-state index is 5.78. The van der Waals surface area contributed by atoms with Crippen LogP contribution in [0.4, 0.5) is 5.69 Å². The lowest BCUT2D eigenvalue weighted by Gasteiger charge is -2.09. The van der Waals surface area contributed by atoms with E-state index in [-0.39, 0.29) is 6.04 Å².